The van der Waals surface area contributed by atoms with Crippen LogP contribution in [0, 0.1) is 5.92 Å². The van der Waals surface area contributed by atoms with Gasteiger partial charge in [-0.05, 0) is 32.6 Å². The van der Waals surface area contributed by atoms with Gasteiger partial charge in [0, 0.05) is 12.1 Å². The van der Waals surface area contributed by atoms with Crippen LogP contribution in [-0.2, 0) is 10.0 Å². The van der Waals surface area contributed by atoms with Crippen molar-refractivity contribution in [2.75, 3.05) is 12.3 Å². The molecule has 0 bridgehead atoms. The molecule has 0 aliphatic heterocycles. The molecule has 1 fully saturated rings. The van der Waals surface area contributed by atoms with Crippen LogP contribution in [-0.4, -0.2) is 26.3 Å². The van der Waals surface area contributed by atoms with Crippen LogP contribution in [0.4, 0.5) is 0 Å². The Hall–Kier alpha value is -0.130. The summed E-state index contributed by atoms with van der Waals surface area (Å²) in [5.74, 6) is 0.641. The fourth-order valence-electron chi connectivity index (χ4n) is 1.10. The third-order valence-corrected chi connectivity index (χ3v) is 3.87. The molecule has 13 heavy (non-hydrogen) atoms. The maximum absolute atomic E-state index is 11.5. The minimum absolute atomic E-state index is 0.260. The highest BCUT2D eigenvalue weighted by atomic mass is 32.2. The van der Waals surface area contributed by atoms with E-state index in [-0.39, 0.29) is 5.75 Å². The summed E-state index contributed by atoms with van der Waals surface area (Å²) in [6, 6.07) is 0. The lowest BCUT2D eigenvalue weighted by atomic mass is 10.1. The molecule has 3 N–H and O–H groups in total. The van der Waals surface area contributed by atoms with E-state index in [0.717, 1.165) is 12.8 Å². The Morgan fingerprint density at radius 3 is 2.38 bits per heavy atom. The lowest BCUT2D eigenvalue weighted by Gasteiger charge is -2.23. The average Bonchev–Trinajstić information content (AvgIpc) is 2.68. The van der Waals surface area contributed by atoms with Gasteiger partial charge in [0.1, 0.15) is 0 Å². The fraction of sp³-hybridized carbons (Fsp3) is 1.00. The van der Waals surface area contributed by atoms with E-state index in [1.807, 2.05) is 0 Å². The Kier molecular flexibility index (Phi) is 2.99. The molecule has 5 heteroatoms. The van der Waals surface area contributed by atoms with Crippen LogP contribution < -0.4 is 10.5 Å². The molecule has 1 rings (SSSR count). The maximum Gasteiger partial charge on any atom is 0.212 e. The first-order valence-electron chi connectivity index (χ1n) is 4.56. The van der Waals surface area contributed by atoms with Crippen molar-refractivity contribution >= 4 is 10.0 Å². The molecular weight excluding hydrogens is 188 g/mol. The van der Waals surface area contributed by atoms with Crippen LogP contribution in [0.3, 0.4) is 0 Å². The van der Waals surface area contributed by atoms with Gasteiger partial charge in [0.25, 0.3) is 0 Å². The summed E-state index contributed by atoms with van der Waals surface area (Å²) in [4.78, 5) is 0. The van der Waals surface area contributed by atoms with Crippen molar-refractivity contribution in [3.05, 3.63) is 0 Å². The Morgan fingerprint density at radius 1 is 1.46 bits per heavy atom. The lowest BCUT2D eigenvalue weighted by molar-refractivity contribution is 0.461. The summed E-state index contributed by atoms with van der Waals surface area (Å²) in [5.41, 5.74) is 4.91. The average molecular weight is 206 g/mol. The number of hydrogen-bond acceptors (Lipinski definition) is 3. The van der Waals surface area contributed by atoms with E-state index in [1.165, 1.54) is 0 Å². The van der Waals surface area contributed by atoms with Gasteiger partial charge in [-0.2, -0.15) is 0 Å². The molecule has 78 valence electrons. The van der Waals surface area contributed by atoms with Crippen LogP contribution >= 0.6 is 0 Å². The molecule has 0 atom stereocenters. The maximum atomic E-state index is 11.5. The van der Waals surface area contributed by atoms with Crippen LogP contribution in [0.1, 0.15) is 26.7 Å². The molecule has 0 amide bonds. The Labute approximate surface area is 79.9 Å². The number of sulfonamides is 1. The number of nitrogens with one attached hydrogen (secondary N) is 1. The Balaban J connectivity index is 2.49. The fourth-order valence-corrected chi connectivity index (χ4v) is 3.06. The van der Waals surface area contributed by atoms with Gasteiger partial charge in [0.2, 0.25) is 10.0 Å². The second-order valence-corrected chi connectivity index (χ2v) is 6.18. The van der Waals surface area contributed by atoms with E-state index in [0.29, 0.717) is 12.5 Å². The third-order valence-electron chi connectivity index (χ3n) is 2.09. The zero-order chi connectivity index (χ0) is 10.1. The first kappa shape index (κ1) is 10.9. The van der Waals surface area contributed by atoms with E-state index in [1.54, 1.807) is 13.8 Å². The smallest absolute Gasteiger partial charge is 0.212 e. The number of hydrogen-bond donors (Lipinski definition) is 2. The van der Waals surface area contributed by atoms with Crippen LogP contribution in [0.2, 0.25) is 0 Å². The molecule has 0 aromatic heterocycles. The molecule has 1 aliphatic rings. The normalized spacial score (nSPS) is 19.0. The first-order valence-corrected chi connectivity index (χ1v) is 6.21. The van der Waals surface area contributed by atoms with Crippen LogP contribution in [0.5, 0.6) is 0 Å². The highest BCUT2D eigenvalue weighted by Gasteiger charge is 2.31. The van der Waals surface area contributed by atoms with E-state index in [4.69, 9.17) is 5.73 Å². The minimum Gasteiger partial charge on any atom is -0.329 e. The lowest BCUT2D eigenvalue weighted by Crippen LogP contribution is -2.49. The molecule has 0 aromatic rings. The minimum atomic E-state index is -3.12. The van der Waals surface area contributed by atoms with Crippen molar-refractivity contribution < 1.29 is 8.42 Å². The quantitative estimate of drug-likeness (QED) is 0.668. The van der Waals surface area contributed by atoms with Crippen molar-refractivity contribution in [3.63, 3.8) is 0 Å². The molecule has 0 saturated heterocycles. The summed E-state index contributed by atoms with van der Waals surface area (Å²) in [7, 11) is -3.12. The molecule has 0 heterocycles. The van der Waals surface area contributed by atoms with E-state index >= 15 is 0 Å². The van der Waals surface area contributed by atoms with E-state index in [9.17, 15) is 8.42 Å². The summed E-state index contributed by atoms with van der Waals surface area (Å²) >= 11 is 0. The highest BCUT2D eigenvalue weighted by molar-refractivity contribution is 7.89. The number of rotatable bonds is 5. The van der Waals surface area contributed by atoms with Gasteiger partial charge in [-0.15, -0.1) is 0 Å². The van der Waals surface area contributed by atoms with Crippen molar-refractivity contribution in [2.45, 2.75) is 32.2 Å². The van der Waals surface area contributed by atoms with Crippen LogP contribution in [0.25, 0.3) is 0 Å². The van der Waals surface area contributed by atoms with Crippen LogP contribution in [0.15, 0.2) is 0 Å². The van der Waals surface area contributed by atoms with Gasteiger partial charge in [0.05, 0.1) is 5.75 Å². The largest absolute Gasteiger partial charge is 0.329 e. The molecule has 0 radical (unpaired) electrons. The van der Waals surface area contributed by atoms with Crippen molar-refractivity contribution in [3.8, 4) is 0 Å². The molecule has 4 nitrogen and oxygen atoms in total. The third kappa shape index (κ3) is 4.06. The molecule has 1 aliphatic carbocycles. The molecular formula is C8H18N2O2S. The topological polar surface area (TPSA) is 72.2 Å². The van der Waals surface area contributed by atoms with Gasteiger partial charge in [0.15, 0.2) is 0 Å². The van der Waals surface area contributed by atoms with Gasteiger partial charge in [-0.3, -0.25) is 0 Å². The predicted molar refractivity (Wildman–Crippen MR) is 52.8 cm³/mol. The summed E-state index contributed by atoms with van der Waals surface area (Å²) in [5, 5.41) is 0. The van der Waals surface area contributed by atoms with Gasteiger partial charge >= 0.3 is 0 Å². The van der Waals surface area contributed by atoms with Crippen molar-refractivity contribution in [1.29, 1.82) is 0 Å². The molecule has 0 spiro atoms. The standard InChI is InChI=1S/C8H18N2O2S/c1-8(2,6-9)10-13(11,12)5-7-3-4-7/h7,10H,3-6,9H2,1-2H3. The summed E-state index contributed by atoms with van der Waals surface area (Å²) in [6.45, 7) is 3.89. The monoisotopic (exact) mass is 206 g/mol. The Bertz CT molecular complexity index is 268. The SMILES string of the molecule is CC(C)(CN)NS(=O)(=O)CC1CC1. The molecule has 0 unspecified atom stereocenters. The van der Waals surface area contributed by atoms with E-state index < -0.39 is 15.6 Å². The van der Waals surface area contributed by atoms with Crippen molar-refractivity contribution in [2.24, 2.45) is 11.7 Å². The van der Waals surface area contributed by atoms with Crippen molar-refractivity contribution in [1.82, 2.24) is 4.72 Å². The number of nitrogens with two attached hydrogens (primary N) is 1. The molecule has 0 aromatic carbocycles. The zero-order valence-corrected chi connectivity index (χ0v) is 9.02. The van der Waals surface area contributed by atoms with E-state index in [2.05, 4.69) is 4.72 Å². The van der Waals surface area contributed by atoms with Gasteiger partial charge in [-0.1, -0.05) is 0 Å². The van der Waals surface area contributed by atoms with Gasteiger partial charge in [-0.25, -0.2) is 13.1 Å². The highest BCUT2D eigenvalue weighted by Crippen LogP contribution is 2.30. The first-order chi connectivity index (χ1) is 5.85. The summed E-state index contributed by atoms with van der Waals surface area (Å²) in [6.07, 6.45) is 2.09. The molecule has 1 saturated carbocycles. The second-order valence-electron chi connectivity index (χ2n) is 4.41. The zero-order valence-electron chi connectivity index (χ0n) is 8.21. The second kappa shape index (κ2) is 3.55. The Morgan fingerprint density at radius 2 is 2.00 bits per heavy atom. The predicted octanol–water partition coefficient (Wildman–Crippen LogP) is 0.0531. The van der Waals surface area contributed by atoms with Gasteiger partial charge < -0.3 is 5.73 Å². The summed E-state index contributed by atoms with van der Waals surface area (Å²) < 4.78 is 25.6.